The minimum atomic E-state index is -0.209. The fourth-order valence-corrected chi connectivity index (χ4v) is 5.30. The molecule has 1 atom stereocenters. The first-order chi connectivity index (χ1) is 18.9. The largest absolute Gasteiger partial charge is 0.490 e. The molecule has 2 aromatic carbocycles. The number of rotatable bonds is 6. The van der Waals surface area contributed by atoms with Crippen LogP contribution in [0.5, 0.6) is 5.75 Å². The maximum absolute atomic E-state index is 13.0. The Labute approximate surface area is 226 Å². The van der Waals surface area contributed by atoms with Gasteiger partial charge in [0.05, 0.1) is 30.7 Å². The topological polar surface area (TPSA) is 131 Å². The van der Waals surface area contributed by atoms with Gasteiger partial charge < -0.3 is 24.2 Å². The van der Waals surface area contributed by atoms with E-state index in [1.54, 1.807) is 23.1 Å². The SMILES string of the molecule is COC(=O)C1CCN(C(=O)NC2CCc3c(-c4noc(-c5ccc(OC(C)C)c(C#N)c5)n4)cccc32)CC1. The monoisotopic (exact) mass is 529 g/mol. The highest BCUT2D eigenvalue weighted by atomic mass is 16.5. The molecule has 5 rings (SSSR count). The van der Waals surface area contributed by atoms with E-state index in [0.29, 0.717) is 54.5 Å². The average Bonchev–Trinajstić information content (AvgIpc) is 3.60. The number of amides is 2. The number of nitrogens with zero attached hydrogens (tertiary/aromatic N) is 4. The third-order valence-corrected chi connectivity index (χ3v) is 7.26. The summed E-state index contributed by atoms with van der Waals surface area (Å²) in [5, 5.41) is 16.9. The van der Waals surface area contributed by atoms with Gasteiger partial charge in [0.1, 0.15) is 11.8 Å². The van der Waals surface area contributed by atoms with Crippen molar-refractivity contribution in [2.75, 3.05) is 20.2 Å². The molecular weight excluding hydrogens is 498 g/mol. The molecule has 1 aliphatic carbocycles. The Morgan fingerprint density at radius 2 is 1.97 bits per heavy atom. The van der Waals surface area contributed by atoms with Crippen molar-refractivity contribution in [3.8, 4) is 34.7 Å². The Hall–Kier alpha value is -4.39. The van der Waals surface area contributed by atoms with Gasteiger partial charge in [-0.2, -0.15) is 10.2 Å². The standard InChI is InChI=1S/C29H31N5O5/c1-17(2)38-25-10-7-19(15-20(25)16-30)27-32-26(33-39-27)23-6-4-5-22-21(23)8-9-24(22)31-29(36)34-13-11-18(12-14-34)28(35)37-3/h4-7,10,15,17-18,24H,8-9,11-14H2,1-3H3,(H,31,36). The molecular formula is C29H31N5O5. The van der Waals surface area contributed by atoms with Crippen LogP contribution < -0.4 is 10.1 Å². The highest BCUT2D eigenvalue weighted by Gasteiger charge is 2.32. The van der Waals surface area contributed by atoms with Gasteiger partial charge >= 0.3 is 12.0 Å². The number of methoxy groups -OCH3 is 1. The number of fused-ring (bicyclic) bond motifs is 1. The van der Waals surface area contributed by atoms with Crippen LogP contribution in [0, 0.1) is 17.2 Å². The number of aromatic nitrogens is 2. The molecule has 0 spiro atoms. The maximum atomic E-state index is 13.0. The van der Waals surface area contributed by atoms with E-state index in [0.717, 1.165) is 29.5 Å². The summed E-state index contributed by atoms with van der Waals surface area (Å²) < 4.78 is 16.1. The van der Waals surface area contributed by atoms with Crippen molar-refractivity contribution in [1.29, 1.82) is 5.26 Å². The summed E-state index contributed by atoms with van der Waals surface area (Å²) in [6, 6.07) is 13.0. The normalized spacial score (nSPS) is 17.0. The van der Waals surface area contributed by atoms with Crippen molar-refractivity contribution in [3.63, 3.8) is 0 Å². The third-order valence-electron chi connectivity index (χ3n) is 7.26. The molecule has 1 fully saturated rings. The first-order valence-electron chi connectivity index (χ1n) is 13.2. The van der Waals surface area contributed by atoms with E-state index < -0.39 is 0 Å². The lowest BCUT2D eigenvalue weighted by atomic mass is 9.97. The van der Waals surface area contributed by atoms with Crippen molar-refractivity contribution in [2.45, 2.75) is 51.7 Å². The van der Waals surface area contributed by atoms with Crippen LogP contribution in [0.15, 0.2) is 40.9 Å². The second kappa shape index (κ2) is 11.2. The Bertz CT molecular complexity index is 1420. The fraction of sp³-hybridized carbons (Fsp3) is 0.414. The van der Waals surface area contributed by atoms with Gasteiger partial charge in [-0.3, -0.25) is 4.79 Å². The Morgan fingerprint density at radius 1 is 1.18 bits per heavy atom. The summed E-state index contributed by atoms with van der Waals surface area (Å²) >= 11 is 0. The van der Waals surface area contributed by atoms with Gasteiger partial charge in [-0.25, -0.2) is 4.79 Å². The summed E-state index contributed by atoms with van der Waals surface area (Å²) in [5.74, 6) is 0.928. The van der Waals surface area contributed by atoms with E-state index in [9.17, 15) is 14.9 Å². The quantitative estimate of drug-likeness (QED) is 0.457. The average molecular weight is 530 g/mol. The van der Waals surface area contributed by atoms with Crippen LogP contribution in [-0.2, 0) is 16.0 Å². The maximum Gasteiger partial charge on any atom is 0.317 e. The van der Waals surface area contributed by atoms with Crippen LogP contribution >= 0.6 is 0 Å². The Kier molecular flexibility index (Phi) is 7.50. The number of piperidine rings is 1. The van der Waals surface area contributed by atoms with E-state index in [4.69, 9.17) is 14.0 Å². The highest BCUT2D eigenvalue weighted by Crippen LogP contribution is 2.38. The number of urea groups is 1. The number of benzene rings is 2. The number of hydrogen-bond donors (Lipinski definition) is 1. The minimum Gasteiger partial charge on any atom is -0.490 e. The van der Waals surface area contributed by atoms with Crippen LogP contribution in [-0.4, -0.2) is 53.3 Å². The molecule has 1 aromatic heterocycles. The smallest absolute Gasteiger partial charge is 0.317 e. The van der Waals surface area contributed by atoms with Crippen molar-refractivity contribution in [1.82, 2.24) is 20.4 Å². The van der Waals surface area contributed by atoms with Crippen LogP contribution in [0.4, 0.5) is 4.79 Å². The summed E-state index contributed by atoms with van der Waals surface area (Å²) in [7, 11) is 1.40. The molecule has 1 unspecified atom stereocenters. The number of nitriles is 1. The third kappa shape index (κ3) is 5.43. The summed E-state index contributed by atoms with van der Waals surface area (Å²) in [6.45, 7) is 4.86. The fourth-order valence-electron chi connectivity index (χ4n) is 5.30. The summed E-state index contributed by atoms with van der Waals surface area (Å²) in [4.78, 5) is 31.2. The lowest BCUT2D eigenvalue weighted by molar-refractivity contribution is -0.146. The zero-order valence-corrected chi connectivity index (χ0v) is 22.3. The lowest BCUT2D eigenvalue weighted by Gasteiger charge is -2.31. The molecule has 2 aliphatic rings. The number of likely N-dealkylation sites (tertiary alicyclic amines) is 1. The van der Waals surface area contributed by atoms with Crippen LogP contribution in [0.25, 0.3) is 22.8 Å². The molecule has 2 amide bonds. The van der Waals surface area contributed by atoms with Gasteiger partial charge in [-0.15, -0.1) is 0 Å². The first-order valence-corrected chi connectivity index (χ1v) is 13.2. The molecule has 202 valence electrons. The van der Waals surface area contributed by atoms with Crippen molar-refractivity contribution in [3.05, 3.63) is 53.1 Å². The second-order valence-electron chi connectivity index (χ2n) is 10.1. The number of hydrogen-bond acceptors (Lipinski definition) is 8. The van der Waals surface area contributed by atoms with E-state index in [1.807, 2.05) is 32.0 Å². The molecule has 10 heteroatoms. The predicted molar refractivity (Wildman–Crippen MR) is 142 cm³/mol. The Balaban J connectivity index is 1.30. The zero-order valence-electron chi connectivity index (χ0n) is 22.3. The molecule has 39 heavy (non-hydrogen) atoms. The highest BCUT2D eigenvalue weighted by molar-refractivity contribution is 5.77. The van der Waals surface area contributed by atoms with Gasteiger partial charge in [0.15, 0.2) is 0 Å². The van der Waals surface area contributed by atoms with E-state index >= 15 is 0 Å². The number of esters is 1. The zero-order chi connectivity index (χ0) is 27.5. The van der Waals surface area contributed by atoms with Gasteiger partial charge in [0.25, 0.3) is 5.89 Å². The molecule has 2 heterocycles. The second-order valence-corrected chi connectivity index (χ2v) is 10.1. The molecule has 0 radical (unpaired) electrons. The van der Waals surface area contributed by atoms with E-state index in [2.05, 4.69) is 21.5 Å². The minimum absolute atomic E-state index is 0.0504. The Morgan fingerprint density at radius 3 is 2.69 bits per heavy atom. The van der Waals surface area contributed by atoms with Gasteiger partial charge in [-0.05, 0) is 68.9 Å². The molecule has 1 saturated heterocycles. The van der Waals surface area contributed by atoms with Crippen molar-refractivity contribution in [2.24, 2.45) is 5.92 Å². The van der Waals surface area contributed by atoms with Crippen LogP contribution in [0.2, 0.25) is 0 Å². The lowest BCUT2D eigenvalue weighted by Crippen LogP contribution is -2.46. The molecule has 1 N–H and O–H groups in total. The molecule has 0 bridgehead atoms. The van der Waals surface area contributed by atoms with Gasteiger partial charge in [0, 0.05) is 24.2 Å². The molecule has 0 saturated carbocycles. The predicted octanol–water partition coefficient (Wildman–Crippen LogP) is 4.64. The summed E-state index contributed by atoms with van der Waals surface area (Å²) in [6.07, 6.45) is 2.70. The van der Waals surface area contributed by atoms with Crippen LogP contribution in [0.1, 0.15) is 55.8 Å². The molecule has 10 nitrogen and oxygen atoms in total. The van der Waals surface area contributed by atoms with E-state index in [1.165, 1.54) is 7.11 Å². The number of carbonyl (C=O) groups excluding carboxylic acids is 2. The first kappa shape index (κ1) is 26.2. The van der Waals surface area contributed by atoms with Crippen molar-refractivity contribution >= 4 is 12.0 Å². The van der Waals surface area contributed by atoms with Gasteiger partial charge in [0.2, 0.25) is 5.82 Å². The number of ether oxygens (including phenoxy) is 2. The van der Waals surface area contributed by atoms with Crippen molar-refractivity contribution < 1.29 is 23.6 Å². The number of nitrogens with one attached hydrogen (secondary N) is 1. The number of carbonyl (C=O) groups is 2. The molecule has 3 aromatic rings. The van der Waals surface area contributed by atoms with E-state index in [-0.39, 0.29) is 30.1 Å². The summed E-state index contributed by atoms with van der Waals surface area (Å²) in [5.41, 5.74) is 4.01. The van der Waals surface area contributed by atoms with Crippen LogP contribution in [0.3, 0.4) is 0 Å². The van der Waals surface area contributed by atoms with Gasteiger partial charge in [-0.1, -0.05) is 23.4 Å². The molecule has 1 aliphatic heterocycles.